The van der Waals surface area contributed by atoms with Crippen molar-refractivity contribution in [2.75, 3.05) is 12.0 Å². The van der Waals surface area contributed by atoms with Crippen molar-refractivity contribution in [2.24, 2.45) is 0 Å². The molecule has 0 spiro atoms. The Morgan fingerprint density at radius 1 is 0.960 bits per heavy atom. The van der Waals surface area contributed by atoms with E-state index in [4.69, 9.17) is 0 Å². The molecule has 2 aromatic carbocycles. The summed E-state index contributed by atoms with van der Waals surface area (Å²) in [7, 11) is 0. The number of amides is 2. The first-order chi connectivity index (χ1) is 11.9. The summed E-state index contributed by atoms with van der Waals surface area (Å²) in [5.41, 5.74) is -0.546. The number of rotatable bonds is 5. The molecule has 0 unspecified atom stereocenters. The van der Waals surface area contributed by atoms with Crippen molar-refractivity contribution in [3.05, 3.63) is 73.8 Å². The maximum Gasteiger partial charge on any atom is 0.282 e. The molecular weight excluding hydrogens is 332 g/mol. The number of anilines is 1. The zero-order valence-electron chi connectivity index (χ0n) is 12.5. The Labute approximate surface area is 140 Å². The van der Waals surface area contributed by atoms with Crippen LogP contribution in [0.15, 0.2) is 42.5 Å². The van der Waals surface area contributed by atoms with E-state index in [2.05, 4.69) is 5.32 Å². The third-order valence-electron chi connectivity index (χ3n) is 3.67. The number of fused-ring (bicyclic) bond motifs is 1. The van der Waals surface area contributed by atoms with Gasteiger partial charge in [0.05, 0.1) is 22.1 Å². The Hall–Kier alpha value is -3.82. The van der Waals surface area contributed by atoms with Crippen molar-refractivity contribution < 1.29 is 19.4 Å². The third-order valence-corrected chi connectivity index (χ3v) is 3.67. The Balaban J connectivity index is 1.83. The van der Waals surface area contributed by atoms with E-state index in [1.165, 1.54) is 36.4 Å². The molecule has 0 bridgehead atoms. The molecule has 10 nitrogen and oxygen atoms in total. The molecular formula is C15H10N4O6. The summed E-state index contributed by atoms with van der Waals surface area (Å²) < 4.78 is 0. The Kier molecular flexibility index (Phi) is 3.85. The van der Waals surface area contributed by atoms with Gasteiger partial charge in [0.25, 0.3) is 23.2 Å². The maximum atomic E-state index is 12.4. The van der Waals surface area contributed by atoms with Gasteiger partial charge in [0.15, 0.2) is 0 Å². The standard InChI is InChI=1S/C15H10N4O6/c20-14-11-5-2-6-12(19(24)25)13(11)15(21)17(14)8-16-9-3-1-4-10(7-9)18(22)23/h1-7,16H,8H2. The van der Waals surface area contributed by atoms with Crippen LogP contribution in [0.5, 0.6) is 0 Å². The summed E-state index contributed by atoms with van der Waals surface area (Å²) in [6.45, 7) is -0.273. The van der Waals surface area contributed by atoms with Gasteiger partial charge in [-0.3, -0.25) is 34.7 Å². The van der Waals surface area contributed by atoms with Gasteiger partial charge in [-0.2, -0.15) is 0 Å². The SMILES string of the molecule is O=C1c2cccc([N+](=O)[O-])c2C(=O)N1CNc1cccc([N+](=O)[O-])c1. The molecule has 2 aromatic rings. The number of non-ortho nitro benzene ring substituents is 1. The predicted molar refractivity (Wildman–Crippen MR) is 85.2 cm³/mol. The van der Waals surface area contributed by atoms with Crippen LogP contribution in [0.3, 0.4) is 0 Å². The van der Waals surface area contributed by atoms with Gasteiger partial charge in [-0.05, 0) is 12.1 Å². The van der Waals surface area contributed by atoms with Crippen LogP contribution in [-0.4, -0.2) is 33.2 Å². The third kappa shape index (κ3) is 2.76. The number of hydrogen-bond acceptors (Lipinski definition) is 7. The Bertz CT molecular complexity index is 926. The number of nitrogens with one attached hydrogen (secondary N) is 1. The van der Waals surface area contributed by atoms with Crippen molar-refractivity contribution in [1.29, 1.82) is 0 Å². The molecule has 1 heterocycles. The van der Waals surface area contributed by atoms with E-state index in [1.54, 1.807) is 0 Å². The molecule has 0 aliphatic carbocycles. The van der Waals surface area contributed by atoms with Crippen LogP contribution in [0, 0.1) is 20.2 Å². The van der Waals surface area contributed by atoms with Gasteiger partial charge < -0.3 is 5.32 Å². The molecule has 0 aromatic heterocycles. The summed E-state index contributed by atoms with van der Waals surface area (Å²) >= 11 is 0. The second-order valence-electron chi connectivity index (χ2n) is 5.14. The van der Waals surface area contributed by atoms with Crippen LogP contribution in [0.25, 0.3) is 0 Å². The lowest BCUT2D eigenvalue weighted by atomic mass is 10.1. The molecule has 126 valence electrons. The number of carbonyl (C=O) groups is 2. The van der Waals surface area contributed by atoms with Crippen LogP contribution in [0.1, 0.15) is 20.7 Å². The van der Waals surface area contributed by atoms with E-state index in [0.29, 0.717) is 5.69 Å². The van der Waals surface area contributed by atoms with Gasteiger partial charge in [-0.1, -0.05) is 12.1 Å². The van der Waals surface area contributed by atoms with Gasteiger partial charge in [0.1, 0.15) is 5.56 Å². The van der Waals surface area contributed by atoms with Crippen LogP contribution in [0.4, 0.5) is 17.1 Å². The quantitative estimate of drug-likeness (QED) is 0.499. The lowest BCUT2D eigenvalue weighted by Crippen LogP contribution is -2.34. The number of benzene rings is 2. The Morgan fingerprint density at radius 3 is 2.36 bits per heavy atom. The predicted octanol–water partition coefficient (Wildman–Crippen LogP) is 2.17. The number of hydrogen-bond donors (Lipinski definition) is 1. The molecule has 1 N–H and O–H groups in total. The zero-order chi connectivity index (χ0) is 18.1. The minimum absolute atomic E-state index is 0.0416. The average molecular weight is 342 g/mol. The number of nitrogens with zero attached hydrogens (tertiary/aromatic N) is 3. The second-order valence-corrected chi connectivity index (χ2v) is 5.14. The average Bonchev–Trinajstić information content (AvgIpc) is 2.84. The highest BCUT2D eigenvalue weighted by atomic mass is 16.6. The number of nitro benzene ring substituents is 2. The molecule has 1 aliphatic rings. The normalized spacial score (nSPS) is 12.9. The molecule has 3 rings (SSSR count). The lowest BCUT2D eigenvalue weighted by molar-refractivity contribution is -0.385. The maximum absolute atomic E-state index is 12.4. The van der Waals surface area contributed by atoms with E-state index >= 15 is 0 Å². The topological polar surface area (TPSA) is 136 Å². The van der Waals surface area contributed by atoms with Crippen LogP contribution in [0.2, 0.25) is 0 Å². The fraction of sp³-hybridized carbons (Fsp3) is 0.0667. The number of nitro groups is 2. The second kappa shape index (κ2) is 6.00. The number of imide groups is 1. The Morgan fingerprint density at radius 2 is 1.68 bits per heavy atom. The summed E-state index contributed by atoms with van der Waals surface area (Å²) in [6, 6.07) is 9.37. The van der Waals surface area contributed by atoms with E-state index in [-0.39, 0.29) is 23.5 Å². The molecule has 2 amide bonds. The van der Waals surface area contributed by atoms with Gasteiger partial charge in [-0.15, -0.1) is 0 Å². The van der Waals surface area contributed by atoms with Gasteiger partial charge in [-0.25, -0.2) is 0 Å². The largest absolute Gasteiger partial charge is 0.367 e. The van der Waals surface area contributed by atoms with Gasteiger partial charge >= 0.3 is 0 Å². The zero-order valence-corrected chi connectivity index (χ0v) is 12.5. The van der Waals surface area contributed by atoms with E-state index in [0.717, 1.165) is 11.0 Å². The summed E-state index contributed by atoms with van der Waals surface area (Å²) in [6.07, 6.45) is 0. The van der Waals surface area contributed by atoms with Gasteiger partial charge in [0.2, 0.25) is 0 Å². The molecule has 10 heteroatoms. The highest BCUT2D eigenvalue weighted by Gasteiger charge is 2.40. The fourth-order valence-electron chi connectivity index (χ4n) is 2.51. The van der Waals surface area contributed by atoms with Crippen molar-refractivity contribution in [3.63, 3.8) is 0 Å². The van der Waals surface area contributed by atoms with Gasteiger partial charge in [0, 0.05) is 23.9 Å². The molecule has 1 aliphatic heterocycles. The van der Waals surface area contributed by atoms with E-state index in [9.17, 15) is 29.8 Å². The van der Waals surface area contributed by atoms with Crippen molar-refractivity contribution in [1.82, 2.24) is 4.90 Å². The molecule has 0 radical (unpaired) electrons. The van der Waals surface area contributed by atoms with E-state index in [1.807, 2.05) is 0 Å². The molecule has 0 saturated heterocycles. The minimum atomic E-state index is -0.787. The first kappa shape index (κ1) is 16.1. The molecule has 25 heavy (non-hydrogen) atoms. The molecule has 0 atom stereocenters. The van der Waals surface area contributed by atoms with Crippen LogP contribution in [-0.2, 0) is 0 Å². The first-order valence-electron chi connectivity index (χ1n) is 7.02. The molecule has 0 fully saturated rings. The summed E-state index contributed by atoms with van der Waals surface area (Å²) in [4.78, 5) is 46.0. The van der Waals surface area contributed by atoms with Crippen molar-refractivity contribution in [3.8, 4) is 0 Å². The molecule has 0 saturated carbocycles. The summed E-state index contributed by atoms with van der Waals surface area (Å²) in [5, 5.41) is 24.5. The highest BCUT2D eigenvalue weighted by Crippen LogP contribution is 2.30. The van der Waals surface area contributed by atoms with Crippen LogP contribution < -0.4 is 5.32 Å². The lowest BCUT2D eigenvalue weighted by Gasteiger charge is -2.15. The smallest absolute Gasteiger partial charge is 0.282 e. The summed E-state index contributed by atoms with van der Waals surface area (Å²) in [5.74, 6) is -1.45. The number of carbonyl (C=O) groups excluding carboxylic acids is 2. The van der Waals surface area contributed by atoms with Crippen LogP contribution >= 0.6 is 0 Å². The fourth-order valence-corrected chi connectivity index (χ4v) is 2.51. The minimum Gasteiger partial charge on any atom is -0.367 e. The monoisotopic (exact) mass is 342 g/mol. The van der Waals surface area contributed by atoms with Crippen molar-refractivity contribution in [2.45, 2.75) is 0 Å². The highest BCUT2D eigenvalue weighted by molar-refractivity contribution is 6.23. The van der Waals surface area contributed by atoms with Crippen molar-refractivity contribution >= 4 is 28.9 Å². The first-order valence-corrected chi connectivity index (χ1v) is 7.02. The van der Waals surface area contributed by atoms with E-state index < -0.39 is 27.3 Å².